The van der Waals surface area contributed by atoms with E-state index in [0.29, 0.717) is 22.7 Å². The SMILES string of the molecule is CC(=O)c1ccc(C(=O)NNC(=O)CN2CCCCCC2=O)s1. The van der Waals surface area contributed by atoms with E-state index in [4.69, 9.17) is 0 Å². The Hall–Kier alpha value is -2.22. The van der Waals surface area contributed by atoms with Crippen LogP contribution in [0, 0.1) is 0 Å². The van der Waals surface area contributed by atoms with E-state index in [0.717, 1.165) is 30.6 Å². The number of ketones is 1. The van der Waals surface area contributed by atoms with Crippen LogP contribution in [0.5, 0.6) is 0 Å². The molecule has 1 aromatic rings. The lowest BCUT2D eigenvalue weighted by atomic mass is 10.2. The summed E-state index contributed by atoms with van der Waals surface area (Å²) < 4.78 is 0. The Kier molecular flexibility index (Phi) is 5.86. The van der Waals surface area contributed by atoms with Gasteiger partial charge in [0.25, 0.3) is 11.8 Å². The molecule has 0 spiro atoms. The first-order valence-corrected chi connectivity index (χ1v) is 8.27. The molecular weight excluding hydrogens is 318 g/mol. The molecule has 1 aliphatic heterocycles. The Balaban J connectivity index is 1.82. The minimum atomic E-state index is -0.488. The van der Waals surface area contributed by atoms with Crippen LogP contribution in [0.1, 0.15) is 52.0 Å². The summed E-state index contributed by atoms with van der Waals surface area (Å²) in [5.74, 6) is -1.08. The molecule has 1 fully saturated rings. The van der Waals surface area contributed by atoms with Crippen LogP contribution in [0.15, 0.2) is 12.1 Å². The van der Waals surface area contributed by atoms with Crippen molar-refractivity contribution in [2.75, 3.05) is 13.1 Å². The van der Waals surface area contributed by atoms with Gasteiger partial charge in [0, 0.05) is 13.0 Å². The topological polar surface area (TPSA) is 95.6 Å². The summed E-state index contributed by atoms with van der Waals surface area (Å²) in [6.07, 6.45) is 3.18. The number of Topliss-reactive ketones (excluding diaryl/α,β-unsaturated/α-hetero) is 1. The van der Waals surface area contributed by atoms with Gasteiger partial charge in [0.05, 0.1) is 9.75 Å². The Labute approximate surface area is 138 Å². The van der Waals surface area contributed by atoms with E-state index in [-0.39, 0.29) is 18.2 Å². The molecular formula is C15H19N3O4S. The van der Waals surface area contributed by atoms with E-state index in [1.807, 2.05) is 0 Å². The van der Waals surface area contributed by atoms with Crippen LogP contribution >= 0.6 is 11.3 Å². The van der Waals surface area contributed by atoms with Crippen LogP contribution in [0.3, 0.4) is 0 Å². The summed E-state index contributed by atoms with van der Waals surface area (Å²) in [7, 11) is 0. The zero-order chi connectivity index (χ0) is 16.8. The number of carbonyl (C=O) groups excluding carboxylic acids is 4. The number of likely N-dealkylation sites (tertiary alicyclic amines) is 1. The molecule has 2 heterocycles. The van der Waals surface area contributed by atoms with Crippen LogP contribution in [0.25, 0.3) is 0 Å². The first-order valence-electron chi connectivity index (χ1n) is 7.45. The molecule has 8 heteroatoms. The number of nitrogens with one attached hydrogen (secondary N) is 2. The lowest BCUT2D eigenvalue weighted by Gasteiger charge is -2.19. The molecule has 3 amide bonds. The highest BCUT2D eigenvalue weighted by Gasteiger charge is 2.19. The standard InChI is InChI=1S/C15H19N3O4S/c1-10(19)11-6-7-12(23-11)15(22)17-16-13(20)9-18-8-4-2-3-5-14(18)21/h6-7H,2-5,8-9H2,1H3,(H,16,20)(H,17,22). The molecule has 0 aromatic carbocycles. The second kappa shape index (κ2) is 7.87. The number of nitrogens with zero attached hydrogens (tertiary/aromatic N) is 1. The monoisotopic (exact) mass is 337 g/mol. The molecule has 0 bridgehead atoms. The Bertz CT molecular complexity index is 626. The molecule has 0 aliphatic carbocycles. The lowest BCUT2D eigenvalue weighted by Crippen LogP contribution is -2.47. The van der Waals surface area contributed by atoms with Crippen molar-refractivity contribution in [1.29, 1.82) is 0 Å². The third-order valence-corrected chi connectivity index (χ3v) is 4.68. The van der Waals surface area contributed by atoms with Crippen LogP contribution in [-0.2, 0) is 9.59 Å². The van der Waals surface area contributed by atoms with Crippen LogP contribution < -0.4 is 10.9 Å². The number of hydrogen-bond acceptors (Lipinski definition) is 5. The Morgan fingerprint density at radius 1 is 1.13 bits per heavy atom. The molecule has 2 rings (SSSR count). The fourth-order valence-corrected chi connectivity index (χ4v) is 3.05. The molecule has 0 atom stereocenters. The normalized spacial score (nSPS) is 15.0. The van der Waals surface area contributed by atoms with E-state index in [9.17, 15) is 19.2 Å². The minimum absolute atomic E-state index is 0.0340. The van der Waals surface area contributed by atoms with Gasteiger partial charge < -0.3 is 4.90 Å². The van der Waals surface area contributed by atoms with E-state index in [1.165, 1.54) is 17.9 Å². The van der Waals surface area contributed by atoms with Crippen molar-refractivity contribution < 1.29 is 19.2 Å². The molecule has 0 saturated carbocycles. The predicted molar refractivity (Wildman–Crippen MR) is 85.0 cm³/mol. The maximum Gasteiger partial charge on any atom is 0.279 e. The molecule has 1 aromatic heterocycles. The van der Waals surface area contributed by atoms with Crippen molar-refractivity contribution in [2.24, 2.45) is 0 Å². The van der Waals surface area contributed by atoms with E-state index in [1.54, 1.807) is 6.07 Å². The maximum atomic E-state index is 11.9. The minimum Gasteiger partial charge on any atom is -0.333 e. The summed E-state index contributed by atoms with van der Waals surface area (Å²) in [5.41, 5.74) is 4.59. The van der Waals surface area contributed by atoms with Gasteiger partial charge in [-0.15, -0.1) is 11.3 Å². The molecule has 0 radical (unpaired) electrons. The van der Waals surface area contributed by atoms with Crippen LogP contribution in [-0.4, -0.2) is 41.5 Å². The summed E-state index contributed by atoms with van der Waals surface area (Å²) in [6, 6.07) is 3.10. The average molecular weight is 337 g/mol. The fourth-order valence-electron chi connectivity index (χ4n) is 2.26. The van der Waals surface area contributed by atoms with Crippen molar-refractivity contribution in [1.82, 2.24) is 15.8 Å². The van der Waals surface area contributed by atoms with Crippen molar-refractivity contribution in [3.8, 4) is 0 Å². The van der Waals surface area contributed by atoms with Gasteiger partial charge >= 0.3 is 0 Å². The summed E-state index contributed by atoms with van der Waals surface area (Å²) in [6.45, 7) is 1.92. The van der Waals surface area contributed by atoms with Crippen molar-refractivity contribution in [3.63, 3.8) is 0 Å². The van der Waals surface area contributed by atoms with Gasteiger partial charge in [0.1, 0.15) is 6.54 Å². The average Bonchev–Trinajstić information content (AvgIpc) is 2.93. The number of rotatable bonds is 4. The lowest BCUT2D eigenvalue weighted by molar-refractivity contribution is -0.135. The second-order valence-electron chi connectivity index (χ2n) is 5.35. The van der Waals surface area contributed by atoms with E-state index >= 15 is 0 Å². The maximum absolute atomic E-state index is 11.9. The fraction of sp³-hybridized carbons (Fsp3) is 0.467. The van der Waals surface area contributed by atoms with Gasteiger partial charge in [-0.1, -0.05) is 6.42 Å². The molecule has 1 saturated heterocycles. The van der Waals surface area contributed by atoms with Gasteiger partial charge in [-0.05, 0) is 31.9 Å². The summed E-state index contributed by atoms with van der Waals surface area (Å²) in [4.78, 5) is 49.1. The third-order valence-electron chi connectivity index (χ3n) is 3.50. The summed E-state index contributed by atoms with van der Waals surface area (Å²) in [5, 5.41) is 0. The molecule has 0 unspecified atom stereocenters. The van der Waals surface area contributed by atoms with Gasteiger partial charge in [-0.3, -0.25) is 30.0 Å². The number of hydrogen-bond donors (Lipinski definition) is 2. The second-order valence-corrected chi connectivity index (χ2v) is 6.43. The number of amides is 3. The molecule has 1 aliphatic rings. The van der Waals surface area contributed by atoms with E-state index in [2.05, 4.69) is 10.9 Å². The molecule has 124 valence electrons. The highest BCUT2D eigenvalue weighted by molar-refractivity contribution is 7.15. The third kappa shape index (κ3) is 4.88. The van der Waals surface area contributed by atoms with Crippen molar-refractivity contribution >= 4 is 34.8 Å². The zero-order valence-corrected chi connectivity index (χ0v) is 13.7. The van der Waals surface area contributed by atoms with Crippen LogP contribution in [0.4, 0.5) is 0 Å². The first-order chi connectivity index (χ1) is 11.0. The molecule has 7 nitrogen and oxygen atoms in total. The Morgan fingerprint density at radius 3 is 2.57 bits per heavy atom. The van der Waals surface area contributed by atoms with Crippen LogP contribution in [0.2, 0.25) is 0 Å². The van der Waals surface area contributed by atoms with Gasteiger partial charge in [0.15, 0.2) is 5.78 Å². The van der Waals surface area contributed by atoms with Gasteiger partial charge in [-0.2, -0.15) is 0 Å². The number of hydrazine groups is 1. The van der Waals surface area contributed by atoms with Crippen molar-refractivity contribution in [3.05, 3.63) is 21.9 Å². The highest BCUT2D eigenvalue weighted by atomic mass is 32.1. The summed E-state index contributed by atoms with van der Waals surface area (Å²) >= 11 is 1.06. The number of thiophene rings is 1. The number of carbonyl (C=O) groups is 4. The smallest absolute Gasteiger partial charge is 0.279 e. The van der Waals surface area contributed by atoms with Gasteiger partial charge in [0.2, 0.25) is 5.91 Å². The highest BCUT2D eigenvalue weighted by Crippen LogP contribution is 2.16. The first kappa shape index (κ1) is 17.1. The zero-order valence-electron chi connectivity index (χ0n) is 12.9. The van der Waals surface area contributed by atoms with Gasteiger partial charge in [-0.25, -0.2) is 0 Å². The molecule has 2 N–H and O–H groups in total. The Morgan fingerprint density at radius 2 is 1.87 bits per heavy atom. The quantitative estimate of drug-likeness (QED) is 0.635. The largest absolute Gasteiger partial charge is 0.333 e. The predicted octanol–water partition coefficient (Wildman–Crippen LogP) is 1.11. The molecule has 23 heavy (non-hydrogen) atoms. The van der Waals surface area contributed by atoms with E-state index < -0.39 is 11.8 Å². The van der Waals surface area contributed by atoms with Crippen molar-refractivity contribution in [2.45, 2.75) is 32.6 Å².